The van der Waals surface area contributed by atoms with Crippen LogP contribution >= 0.6 is 0 Å². The van der Waals surface area contributed by atoms with E-state index in [1.54, 1.807) is 24.3 Å². The molecule has 0 radical (unpaired) electrons. The predicted octanol–water partition coefficient (Wildman–Crippen LogP) is 3.38. The Kier molecular flexibility index (Phi) is 3.93. The predicted molar refractivity (Wildman–Crippen MR) is 85.2 cm³/mol. The van der Waals surface area contributed by atoms with E-state index in [9.17, 15) is 14.0 Å². The Morgan fingerprint density at radius 2 is 1.74 bits per heavy atom. The van der Waals surface area contributed by atoms with Crippen LogP contribution in [-0.4, -0.2) is 10.5 Å². The third-order valence-electron chi connectivity index (χ3n) is 3.58. The van der Waals surface area contributed by atoms with Crippen LogP contribution < -0.4 is 10.3 Å². The highest BCUT2D eigenvalue weighted by atomic mass is 19.1. The van der Waals surface area contributed by atoms with Crippen LogP contribution in [0.25, 0.3) is 10.8 Å². The summed E-state index contributed by atoms with van der Waals surface area (Å²) in [5, 5.41) is 0.997. The van der Waals surface area contributed by atoms with Crippen LogP contribution in [0.4, 0.5) is 4.39 Å². The summed E-state index contributed by atoms with van der Waals surface area (Å²) in [6.45, 7) is 2.27. The van der Waals surface area contributed by atoms with Crippen molar-refractivity contribution in [2.75, 3.05) is 0 Å². The number of pyridine rings is 1. The molecule has 116 valence electrons. The Morgan fingerprint density at radius 3 is 2.39 bits per heavy atom. The van der Waals surface area contributed by atoms with E-state index in [1.807, 2.05) is 6.92 Å². The lowest BCUT2D eigenvalue weighted by Crippen LogP contribution is -2.22. The van der Waals surface area contributed by atoms with Crippen LogP contribution in [-0.2, 0) is 6.54 Å². The van der Waals surface area contributed by atoms with Crippen molar-refractivity contribution in [1.82, 2.24) is 4.57 Å². The maximum Gasteiger partial charge on any atom is 0.345 e. The molecule has 3 rings (SSSR count). The average Bonchev–Trinajstić information content (AvgIpc) is 2.57. The molecule has 0 bridgehead atoms. The standard InChI is InChI=1S/C18H14FNO3/c1-2-20-11-16(14-5-3-4-6-15(14)17(20)21)18(22)23-13-9-7-12(19)8-10-13/h3-11H,2H2,1H3. The van der Waals surface area contributed by atoms with Crippen molar-refractivity contribution in [3.63, 3.8) is 0 Å². The third kappa shape index (κ3) is 2.85. The zero-order valence-electron chi connectivity index (χ0n) is 12.5. The largest absolute Gasteiger partial charge is 0.423 e. The fraction of sp³-hybridized carbons (Fsp3) is 0.111. The van der Waals surface area contributed by atoms with E-state index in [1.165, 1.54) is 35.0 Å². The van der Waals surface area contributed by atoms with Gasteiger partial charge in [0.15, 0.2) is 0 Å². The van der Waals surface area contributed by atoms with E-state index in [2.05, 4.69) is 0 Å². The van der Waals surface area contributed by atoms with Gasteiger partial charge in [0.1, 0.15) is 11.6 Å². The summed E-state index contributed by atoms with van der Waals surface area (Å²) in [5.41, 5.74) is 0.146. The molecule has 23 heavy (non-hydrogen) atoms. The van der Waals surface area contributed by atoms with Crippen molar-refractivity contribution in [3.8, 4) is 5.75 Å². The Morgan fingerprint density at radius 1 is 1.09 bits per heavy atom. The Bertz CT molecular complexity index is 929. The molecule has 0 aliphatic rings. The number of aromatic nitrogens is 1. The molecule has 0 saturated carbocycles. The molecule has 0 aliphatic heterocycles. The van der Waals surface area contributed by atoms with Gasteiger partial charge in [-0.25, -0.2) is 9.18 Å². The lowest BCUT2D eigenvalue weighted by atomic mass is 10.1. The van der Waals surface area contributed by atoms with Crippen molar-refractivity contribution >= 4 is 16.7 Å². The van der Waals surface area contributed by atoms with E-state index in [0.717, 1.165) is 0 Å². The second-order valence-corrected chi connectivity index (χ2v) is 5.02. The second kappa shape index (κ2) is 6.04. The van der Waals surface area contributed by atoms with Gasteiger partial charge in [0, 0.05) is 23.5 Å². The monoisotopic (exact) mass is 311 g/mol. The Labute approximate surface area is 131 Å². The van der Waals surface area contributed by atoms with Gasteiger partial charge in [0.05, 0.1) is 5.56 Å². The highest BCUT2D eigenvalue weighted by Gasteiger charge is 2.16. The molecule has 0 unspecified atom stereocenters. The van der Waals surface area contributed by atoms with Gasteiger partial charge in [-0.15, -0.1) is 0 Å². The SMILES string of the molecule is CCn1cc(C(=O)Oc2ccc(F)cc2)c2ccccc2c1=O. The van der Waals surface area contributed by atoms with E-state index in [4.69, 9.17) is 4.74 Å². The number of rotatable bonds is 3. The zero-order valence-corrected chi connectivity index (χ0v) is 12.5. The summed E-state index contributed by atoms with van der Waals surface area (Å²) < 4.78 is 19.7. The van der Waals surface area contributed by atoms with Crippen molar-refractivity contribution in [2.45, 2.75) is 13.5 Å². The molecule has 0 amide bonds. The molecule has 2 aromatic carbocycles. The molecule has 0 saturated heterocycles. The minimum Gasteiger partial charge on any atom is -0.423 e. The molecule has 0 fully saturated rings. The van der Waals surface area contributed by atoms with Crippen molar-refractivity contribution in [3.05, 3.63) is 76.5 Å². The summed E-state index contributed by atoms with van der Waals surface area (Å²) in [6, 6.07) is 12.1. The number of carbonyl (C=O) groups is 1. The molecule has 1 heterocycles. The van der Waals surface area contributed by atoms with Gasteiger partial charge in [0.25, 0.3) is 5.56 Å². The van der Waals surface area contributed by atoms with E-state index < -0.39 is 11.8 Å². The van der Waals surface area contributed by atoms with Crippen LogP contribution in [0.3, 0.4) is 0 Å². The van der Waals surface area contributed by atoms with Crippen LogP contribution in [0, 0.1) is 5.82 Å². The zero-order chi connectivity index (χ0) is 16.4. The fourth-order valence-corrected chi connectivity index (χ4v) is 2.41. The Balaban J connectivity index is 2.08. The maximum atomic E-state index is 12.9. The minimum absolute atomic E-state index is 0.151. The minimum atomic E-state index is -0.588. The lowest BCUT2D eigenvalue weighted by Gasteiger charge is -2.10. The van der Waals surface area contributed by atoms with Gasteiger partial charge in [-0.3, -0.25) is 4.79 Å². The number of halogens is 1. The van der Waals surface area contributed by atoms with Gasteiger partial charge in [-0.2, -0.15) is 0 Å². The summed E-state index contributed by atoms with van der Waals surface area (Å²) in [5.74, 6) is -0.750. The number of carbonyl (C=O) groups excluding carboxylic acids is 1. The summed E-state index contributed by atoms with van der Waals surface area (Å²) in [7, 11) is 0. The number of fused-ring (bicyclic) bond motifs is 1. The van der Waals surface area contributed by atoms with Crippen LogP contribution in [0.5, 0.6) is 5.75 Å². The van der Waals surface area contributed by atoms with Crippen LogP contribution in [0.1, 0.15) is 17.3 Å². The van der Waals surface area contributed by atoms with Gasteiger partial charge < -0.3 is 9.30 Å². The number of hydrogen-bond acceptors (Lipinski definition) is 3. The summed E-state index contributed by atoms with van der Waals surface area (Å²) in [6.07, 6.45) is 1.50. The lowest BCUT2D eigenvalue weighted by molar-refractivity contribution is 0.0735. The quantitative estimate of drug-likeness (QED) is 0.550. The highest BCUT2D eigenvalue weighted by molar-refractivity contribution is 6.04. The fourth-order valence-electron chi connectivity index (χ4n) is 2.41. The smallest absolute Gasteiger partial charge is 0.345 e. The molecule has 0 spiro atoms. The van der Waals surface area contributed by atoms with E-state index in [0.29, 0.717) is 22.9 Å². The number of aryl methyl sites for hydroxylation is 1. The summed E-state index contributed by atoms with van der Waals surface area (Å²) >= 11 is 0. The first kappa shape index (κ1) is 15.0. The van der Waals surface area contributed by atoms with Crippen molar-refractivity contribution in [2.24, 2.45) is 0 Å². The van der Waals surface area contributed by atoms with Crippen LogP contribution in [0.15, 0.2) is 59.5 Å². The maximum absolute atomic E-state index is 12.9. The molecule has 4 nitrogen and oxygen atoms in total. The van der Waals surface area contributed by atoms with Gasteiger partial charge in [-0.1, -0.05) is 18.2 Å². The van der Waals surface area contributed by atoms with Gasteiger partial charge in [0.2, 0.25) is 0 Å². The summed E-state index contributed by atoms with van der Waals surface area (Å²) in [4.78, 5) is 24.8. The Hall–Kier alpha value is -2.95. The first-order valence-corrected chi connectivity index (χ1v) is 7.20. The second-order valence-electron chi connectivity index (χ2n) is 5.02. The van der Waals surface area contributed by atoms with Crippen LogP contribution in [0.2, 0.25) is 0 Å². The van der Waals surface area contributed by atoms with E-state index >= 15 is 0 Å². The molecule has 3 aromatic rings. The van der Waals surface area contributed by atoms with Gasteiger partial charge >= 0.3 is 5.97 Å². The molecule has 0 atom stereocenters. The molecule has 1 aromatic heterocycles. The first-order valence-electron chi connectivity index (χ1n) is 7.20. The van der Waals surface area contributed by atoms with Gasteiger partial charge in [-0.05, 0) is 37.3 Å². The number of nitrogens with zero attached hydrogens (tertiary/aromatic N) is 1. The average molecular weight is 311 g/mol. The van der Waals surface area contributed by atoms with Crippen molar-refractivity contribution < 1.29 is 13.9 Å². The highest BCUT2D eigenvalue weighted by Crippen LogP contribution is 2.19. The molecular weight excluding hydrogens is 297 g/mol. The normalized spacial score (nSPS) is 10.7. The molecule has 0 N–H and O–H groups in total. The van der Waals surface area contributed by atoms with Crippen molar-refractivity contribution in [1.29, 1.82) is 0 Å². The topological polar surface area (TPSA) is 48.3 Å². The number of benzene rings is 2. The number of hydrogen-bond donors (Lipinski definition) is 0. The van der Waals surface area contributed by atoms with E-state index in [-0.39, 0.29) is 11.3 Å². The first-order chi connectivity index (χ1) is 11.1. The molecular formula is C18H14FNO3. The number of ether oxygens (including phenoxy) is 1. The number of esters is 1. The third-order valence-corrected chi connectivity index (χ3v) is 3.58. The molecule has 5 heteroatoms. The molecule has 0 aliphatic carbocycles.